The zero-order valence-corrected chi connectivity index (χ0v) is 9.71. The Hall–Kier alpha value is -0.340. The summed E-state index contributed by atoms with van der Waals surface area (Å²) in [6.07, 6.45) is 8.37. The second-order valence-electron chi connectivity index (χ2n) is 4.17. The van der Waals surface area contributed by atoms with Gasteiger partial charge in [0.15, 0.2) is 0 Å². The minimum Gasteiger partial charge on any atom is -0.393 e. The number of unbranched alkanes of at least 4 members (excludes halogenated alkanes) is 3. The van der Waals surface area contributed by atoms with Crippen LogP contribution in [0.1, 0.15) is 38.5 Å². The topological polar surface area (TPSA) is 23.5 Å². The Labute approximate surface area is 88.6 Å². The molecule has 0 saturated heterocycles. The van der Waals surface area contributed by atoms with Crippen LogP contribution in [0.3, 0.4) is 0 Å². The molecule has 14 heavy (non-hydrogen) atoms. The Bertz CT molecular complexity index is 134. The van der Waals surface area contributed by atoms with E-state index in [9.17, 15) is 5.11 Å². The second-order valence-corrected chi connectivity index (χ2v) is 4.17. The predicted octanol–water partition coefficient (Wildman–Crippen LogP) is 2.44. The predicted molar refractivity (Wildman–Crippen MR) is 62.5 cm³/mol. The maximum Gasteiger partial charge on any atom is 0.0552 e. The molecule has 0 aliphatic rings. The molecular weight excluding hydrogens is 174 g/mol. The van der Waals surface area contributed by atoms with Crippen LogP contribution in [0.4, 0.5) is 0 Å². The SMILES string of the molecule is C=CCCCCCC(O)CCN(C)C. The largest absolute Gasteiger partial charge is 0.393 e. The highest BCUT2D eigenvalue weighted by atomic mass is 16.3. The van der Waals surface area contributed by atoms with Crippen molar-refractivity contribution >= 4 is 0 Å². The molecule has 0 aromatic carbocycles. The number of aliphatic hydroxyl groups is 1. The first-order chi connectivity index (χ1) is 6.66. The molecule has 0 heterocycles. The number of hydrogen-bond donors (Lipinski definition) is 1. The second kappa shape index (κ2) is 9.22. The lowest BCUT2D eigenvalue weighted by atomic mass is 10.1. The molecule has 0 radical (unpaired) electrons. The van der Waals surface area contributed by atoms with Crippen LogP contribution in [0.25, 0.3) is 0 Å². The van der Waals surface area contributed by atoms with Gasteiger partial charge < -0.3 is 10.0 Å². The van der Waals surface area contributed by atoms with Gasteiger partial charge in [-0.2, -0.15) is 0 Å². The van der Waals surface area contributed by atoms with Gasteiger partial charge in [0.25, 0.3) is 0 Å². The van der Waals surface area contributed by atoms with E-state index >= 15 is 0 Å². The molecule has 0 spiro atoms. The summed E-state index contributed by atoms with van der Waals surface area (Å²) < 4.78 is 0. The quantitative estimate of drug-likeness (QED) is 0.455. The summed E-state index contributed by atoms with van der Waals surface area (Å²) in [5, 5.41) is 9.61. The van der Waals surface area contributed by atoms with Gasteiger partial charge in [0, 0.05) is 0 Å². The molecular formula is C12H25NO. The maximum absolute atomic E-state index is 9.61. The molecule has 0 aromatic heterocycles. The highest BCUT2D eigenvalue weighted by Crippen LogP contribution is 2.08. The average molecular weight is 199 g/mol. The van der Waals surface area contributed by atoms with Crippen LogP contribution < -0.4 is 0 Å². The fourth-order valence-electron chi connectivity index (χ4n) is 1.40. The minimum absolute atomic E-state index is 0.110. The average Bonchev–Trinajstić information content (AvgIpc) is 2.14. The van der Waals surface area contributed by atoms with E-state index in [1.165, 1.54) is 12.8 Å². The molecule has 1 unspecified atom stereocenters. The molecule has 0 aromatic rings. The van der Waals surface area contributed by atoms with E-state index in [4.69, 9.17) is 0 Å². The number of aliphatic hydroxyl groups excluding tert-OH is 1. The van der Waals surface area contributed by atoms with Crippen molar-refractivity contribution in [3.05, 3.63) is 12.7 Å². The number of hydrogen-bond acceptors (Lipinski definition) is 2. The van der Waals surface area contributed by atoms with E-state index < -0.39 is 0 Å². The van der Waals surface area contributed by atoms with Crippen LogP contribution in [-0.4, -0.2) is 36.8 Å². The summed E-state index contributed by atoms with van der Waals surface area (Å²) in [5.74, 6) is 0. The van der Waals surface area contributed by atoms with Crippen LogP contribution >= 0.6 is 0 Å². The third-order valence-corrected chi connectivity index (χ3v) is 2.36. The summed E-state index contributed by atoms with van der Waals surface area (Å²) in [6.45, 7) is 4.67. The third-order valence-electron chi connectivity index (χ3n) is 2.36. The van der Waals surface area contributed by atoms with E-state index in [0.717, 1.165) is 32.2 Å². The van der Waals surface area contributed by atoms with E-state index in [1.807, 2.05) is 20.2 Å². The Morgan fingerprint density at radius 2 is 1.93 bits per heavy atom. The van der Waals surface area contributed by atoms with Crippen molar-refractivity contribution in [1.82, 2.24) is 4.90 Å². The van der Waals surface area contributed by atoms with Crippen LogP contribution in [0.5, 0.6) is 0 Å². The molecule has 2 nitrogen and oxygen atoms in total. The van der Waals surface area contributed by atoms with Gasteiger partial charge in [-0.1, -0.05) is 18.9 Å². The van der Waals surface area contributed by atoms with Crippen LogP contribution in [-0.2, 0) is 0 Å². The lowest BCUT2D eigenvalue weighted by Crippen LogP contribution is -2.19. The Morgan fingerprint density at radius 3 is 2.50 bits per heavy atom. The summed E-state index contributed by atoms with van der Waals surface area (Å²) in [6, 6.07) is 0. The summed E-state index contributed by atoms with van der Waals surface area (Å²) in [7, 11) is 4.08. The monoisotopic (exact) mass is 199 g/mol. The normalized spacial score (nSPS) is 13.1. The van der Waals surface area contributed by atoms with E-state index in [2.05, 4.69) is 11.5 Å². The fourth-order valence-corrected chi connectivity index (χ4v) is 1.40. The summed E-state index contributed by atoms with van der Waals surface area (Å²) in [4.78, 5) is 2.11. The van der Waals surface area contributed by atoms with Gasteiger partial charge >= 0.3 is 0 Å². The number of nitrogens with zero attached hydrogens (tertiary/aromatic N) is 1. The van der Waals surface area contributed by atoms with Crippen LogP contribution in [0, 0.1) is 0 Å². The molecule has 0 bridgehead atoms. The van der Waals surface area contributed by atoms with Gasteiger partial charge in [-0.05, 0) is 46.3 Å². The molecule has 0 saturated carbocycles. The van der Waals surface area contributed by atoms with Gasteiger partial charge in [0.1, 0.15) is 0 Å². The Morgan fingerprint density at radius 1 is 1.21 bits per heavy atom. The van der Waals surface area contributed by atoms with Crippen molar-refractivity contribution in [2.24, 2.45) is 0 Å². The summed E-state index contributed by atoms with van der Waals surface area (Å²) in [5.41, 5.74) is 0. The number of rotatable bonds is 9. The minimum atomic E-state index is -0.110. The molecule has 2 heteroatoms. The molecule has 0 rings (SSSR count). The fraction of sp³-hybridized carbons (Fsp3) is 0.833. The highest BCUT2D eigenvalue weighted by molar-refractivity contribution is 4.66. The lowest BCUT2D eigenvalue weighted by molar-refractivity contribution is 0.139. The zero-order chi connectivity index (χ0) is 10.8. The third kappa shape index (κ3) is 9.75. The molecule has 1 N–H and O–H groups in total. The van der Waals surface area contributed by atoms with E-state index in [0.29, 0.717) is 0 Å². The van der Waals surface area contributed by atoms with Gasteiger partial charge in [0.2, 0.25) is 0 Å². The van der Waals surface area contributed by atoms with Crippen LogP contribution in [0.2, 0.25) is 0 Å². The van der Waals surface area contributed by atoms with Crippen molar-refractivity contribution in [3.63, 3.8) is 0 Å². The van der Waals surface area contributed by atoms with Crippen molar-refractivity contribution in [2.45, 2.75) is 44.6 Å². The lowest BCUT2D eigenvalue weighted by Gasteiger charge is -2.13. The molecule has 84 valence electrons. The van der Waals surface area contributed by atoms with Crippen molar-refractivity contribution in [2.75, 3.05) is 20.6 Å². The van der Waals surface area contributed by atoms with Gasteiger partial charge in [0.05, 0.1) is 6.10 Å². The van der Waals surface area contributed by atoms with Crippen molar-refractivity contribution < 1.29 is 5.11 Å². The Balaban J connectivity index is 3.17. The smallest absolute Gasteiger partial charge is 0.0552 e. The molecule has 0 fully saturated rings. The van der Waals surface area contributed by atoms with Gasteiger partial charge in [-0.25, -0.2) is 0 Å². The van der Waals surface area contributed by atoms with E-state index in [1.54, 1.807) is 0 Å². The van der Waals surface area contributed by atoms with Gasteiger partial charge in [-0.15, -0.1) is 6.58 Å². The highest BCUT2D eigenvalue weighted by Gasteiger charge is 2.03. The first kappa shape index (κ1) is 13.7. The molecule has 0 amide bonds. The zero-order valence-electron chi connectivity index (χ0n) is 9.71. The maximum atomic E-state index is 9.61. The van der Waals surface area contributed by atoms with Crippen molar-refractivity contribution in [1.29, 1.82) is 0 Å². The van der Waals surface area contributed by atoms with E-state index in [-0.39, 0.29) is 6.10 Å². The molecule has 1 atom stereocenters. The molecule has 0 aliphatic carbocycles. The van der Waals surface area contributed by atoms with Gasteiger partial charge in [-0.3, -0.25) is 0 Å². The first-order valence-corrected chi connectivity index (χ1v) is 5.60. The first-order valence-electron chi connectivity index (χ1n) is 5.60. The molecule has 0 aliphatic heterocycles. The standard InChI is InChI=1S/C12H25NO/c1-4-5-6-7-8-9-12(14)10-11-13(2)3/h4,12,14H,1,5-11H2,2-3H3. The summed E-state index contributed by atoms with van der Waals surface area (Å²) >= 11 is 0. The van der Waals surface area contributed by atoms with Crippen LogP contribution in [0.15, 0.2) is 12.7 Å². The van der Waals surface area contributed by atoms with Crippen molar-refractivity contribution in [3.8, 4) is 0 Å². The Kier molecular flexibility index (Phi) is 9.00. The number of allylic oxidation sites excluding steroid dienone is 1.